The average molecular weight is 549 g/mol. The summed E-state index contributed by atoms with van der Waals surface area (Å²) in [7, 11) is -4.94. The van der Waals surface area contributed by atoms with Crippen molar-refractivity contribution in [3.63, 3.8) is 0 Å². The fourth-order valence-electron chi connectivity index (χ4n) is 6.02. The second-order valence-corrected chi connectivity index (χ2v) is 19.3. The fourth-order valence-corrected chi connectivity index (χ4v) is 10.2. The van der Waals surface area contributed by atoms with Crippen molar-refractivity contribution in [2.45, 2.75) is 119 Å². The molecule has 0 saturated heterocycles. The SMILES string of the molecule is Cc1cc(P(O)(O)(c2ccccc2)c2cc(C)c(C(C)(C)C)cc2C(C)(C)C)c(C(C)(C)C)cc1C(C)(C)C. The first-order chi connectivity index (χ1) is 17.4. The van der Waals surface area contributed by atoms with E-state index in [9.17, 15) is 9.79 Å². The monoisotopic (exact) mass is 548 g/mol. The van der Waals surface area contributed by atoms with E-state index in [1.807, 2.05) is 30.3 Å². The third-order valence-corrected chi connectivity index (χ3v) is 11.9. The standard InChI is InChI=1S/C36H53O2P/c1-24-20-31(29(35(9,10)11)22-27(24)33(3,4)5)39(37,38,26-18-16-15-17-19-26)32-21-25(2)28(34(6,7)8)23-30(32)36(12,13)14/h15-23,37-38H,1-14H3. The summed E-state index contributed by atoms with van der Waals surface area (Å²) in [6, 6.07) is 18.2. The average Bonchev–Trinajstić information content (AvgIpc) is 2.76. The molecule has 2 nitrogen and oxygen atoms in total. The summed E-state index contributed by atoms with van der Waals surface area (Å²) >= 11 is 0. The summed E-state index contributed by atoms with van der Waals surface area (Å²) in [4.78, 5) is 27.0. The van der Waals surface area contributed by atoms with Gasteiger partial charge in [0, 0.05) is 0 Å². The first-order valence-corrected chi connectivity index (χ1v) is 16.4. The van der Waals surface area contributed by atoms with Gasteiger partial charge >= 0.3 is 239 Å². The van der Waals surface area contributed by atoms with Crippen LogP contribution in [-0.4, -0.2) is 9.79 Å². The molecule has 0 aromatic heterocycles. The molecule has 3 heteroatoms. The number of rotatable bonds is 3. The Morgan fingerprint density at radius 1 is 0.462 bits per heavy atom. The topological polar surface area (TPSA) is 40.5 Å². The Morgan fingerprint density at radius 3 is 1.05 bits per heavy atom. The number of aryl methyl sites for hydroxylation is 2. The van der Waals surface area contributed by atoms with Crippen LogP contribution in [-0.2, 0) is 21.7 Å². The van der Waals surface area contributed by atoms with Crippen molar-refractivity contribution in [1.29, 1.82) is 0 Å². The number of benzene rings is 3. The van der Waals surface area contributed by atoms with E-state index in [2.05, 4.69) is 121 Å². The number of hydrogen-bond acceptors (Lipinski definition) is 2. The van der Waals surface area contributed by atoms with Crippen molar-refractivity contribution in [3.8, 4) is 0 Å². The van der Waals surface area contributed by atoms with Crippen LogP contribution in [0.4, 0.5) is 0 Å². The fraction of sp³-hybridized carbons (Fsp3) is 0.500. The molecule has 0 aliphatic heterocycles. The Kier molecular flexibility index (Phi) is 7.72. The molecule has 2 N–H and O–H groups in total. The normalized spacial score (nSPS) is 14.7. The summed E-state index contributed by atoms with van der Waals surface area (Å²) in [6.07, 6.45) is 0. The summed E-state index contributed by atoms with van der Waals surface area (Å²) in [5, 5.41) is 1.88. The van der Waals surface area contributed by atoms with Crippen molar-refractivity contribution >= 4 is 23.0 Å². The Bertz CT molecular complexity index is 1280. The van der Waals surface area contributed by atoms with E-state index in [0.717, 1.165) is 22.3 Å². The molecule has 0 saturated carbocycles. The van der Waals surface area contributed by atoms with Gasteiger partial charge in [0.05, 0.1) is 0 Å². The molecule has 0 aliphatic rings. The molecule has 0 spiro atoms. The third kappa shape index (κ3) is 5.63. The van der Waals surface area contributed by atoms with Gasteiger partial charge in [0.25, 0.3) is 0 Å². The van der Waals surface area contributed by atoms with Crippen LogP contribution in [0.2, 0.25) is 0 Å². The van der Waals surface area contributed by atoms with Crippen LogP contribution in [0.5, 0.6) is 0 Å². The van der Waals surface area contributed by atoms with Crippen LogP contribution in [0, 0.1) is 13.8 Å². The van der Waals surface area contributed by atoms with Gasteiger partial charge in [0.15, 0.2) is 0 Å². The molecular formula is C36H53O2P. The molecule has 39 heavy (non-hydrogen) atoms. The molecule has 0 aliphatic carbocycles. The molecule has 0 atom stereocenters. The van der Waals surface area contributed by atoms with Gasteiger partial charge in [-0.15, -0.1) is 0 Å². The molecule has 3 aromatic carbocycles. The summed E-state index contributed by atoms with van der Waals surface area (Å²) < 4.78 is 0. The van der Waals surface area contributed by atoms with Gasteiger partial charge in [0.1, 0.15) is 0 Å². The third-order valence-electron chi connectivity index (χ3n) is 8.08. The molecule has 3 rings (SSSR count). The molecule has 0 bridgehead atoms. The van der Waals surface area contributed by atoms with Crippen LogP contribution >= 0.6 is 7.06 Å². The van der Waals surface area contributed by atoms with Gasteiger partial charge in [0.2, 0.25) is 0 Å². The van der Waals surface area contributed by atoms with Crippen LogP contribution in [0.15, 0.2) is 54.6 Å². The predicted molar refractivity (Wildman–Crippen MR) is 174 cm³/mol. The van der Waals surface area contributed by atoms with Crippen molar-refractivity contribution in [1.82, 2.24) is 0 Å². The van der Waals surface area contributed by atoms with E-state index in [-0.39, 0.29) is 21.7 Å². The second kappa shape index (κ2) is 9.54. The number of hydrogen-bond donors (Lipinski definition) is 2. The van der Waals surface area contributed by atoms with E-state index < -0.39 is 7.06 Å². The van der Waals surface area contributed by atoms with Crippen molar-refractivity contribution in [2.75, 3.05) is 0 Å². The van der Waals surface area contributed by atoms with Crippen molar-refractivity contribution < 1.29 is 9.79 Å². The Hall–Kier alpha value is -1.99. The van der Waals surface area contributed by atoms with E-state index in [4.69, 9.17) is 0 Å². The molecule has 214 valence electrons. The minimum atomic E-state index is -4.94. The van der Waals surface area contributed by atoms with E-state index >= 15 is 0 Å². The first-order valence-electron chi connectivity index (χ1n) is 14.3. The molecule has 0 amide bonds. The van der Waals surface area contributed by atoms with Gasteiger partial charge < -0.3 is 0 Å². The van der Waals surface area contributed by atoms with Crippen molar-refractivity contribution in [3.05, 3.63) is 88.0 Å². The van der Waals surface area contributed by atoms with Gasteiger partial charge in [-0.2, -0.15) is 0 Å². The second-order valence-electron chi connectivity index (χ2n) is 15.7. The van der Waals surface area contributed by atoms with Crippen LogP contribution in [0.1, 0.15) is 116 Å². The molecule has 0 unspecified atom stereocenters. The zero-order valence-corrected chi connectivity index (χ0v) is 27.9. The van der Waals surface area contributed by atoms with Gasteiger partial charge in [-0.25, -0.2) is 0 Å². The first kappa shape index (κ1) is 31.5. The van der Waals surface area contributed by atoms with E-state index in [0.29, 0.717) is 15.9 Å². The summed E-state index contributed by atoms with van der Waals surface area (Å²) in [5.41, 5.74) is 5.85. The summed E-state index contributed by atoms with van der Waals surface area (Å²) in [6.45, 7) is 30.6. The van der Waals surface area contributed by atoms with Gasteiger partial charge in [-0.3, -0.25) is 0 Å². The van der Waals surface area contributed by atoms with Crippen LogP contribution in [0.25, 0.3) is 0 Å². The zero-order valence-electron chi connectivity index (χ0n) is 27.0. The maximum atomic E-state index is 13.5. The summed E-state index contributed by atoms with van der Waals surface area (Å²) in [5.74, 6) is 0. The molecule has 0 heterocycles. The van der Waals surface area contributed by atoms with Crippen LogP contribution in [0.3, 0.4) is 0 Å². The molecule has 0 fully saturated rings. The molecule has 3 aromatic rings. The Balaban J connectivity index is 2.69. The molecule has 0 radical (unpaired) electrons. The van der Waals surface area contributed by atoms with Gasteiger partial charge in [-0.05, 0) is 0 Å². The minimum absolute atomic E-state index is 0.0712. The van der Waals surface area contributed by atoms with Crippen LogP contribution < -0.4 is 15.9 Å². The maximum absolute atomic E-state index is 13.5. The van der Waals surface area contributed by atoms with Gasteiger partial charge in [-0.1, -0.05) is 0 Å². The predicted octanol–water partition coefficient (Wildman–Crippen LogP) is 8.14. The van der Waals surface area contributed by atoms with Crippen molar-refractivity contribution in [2.24, 2.45) is 0 Å². The Morgan fingerprint density at radius 2 is 0.769 bits per heavy atom. The molecular weight excluding hydrogens is 495 g/mol. The van der Waals surface area contributed by atoms with E-state index in [1.165, 1.54) is 11.1 Å². The van der Waals surface area contributed by atoms with E-state index in [1.54, 1.807) is 0 Å². The quantitative estimate of drug-likeness (QED) is 0.324. The Labute approximate surface area is 239 Å². The zero-order chi connectivity index (χ0) is 30.0.